The maximum atomic E-state index is 5.89. The Morgan fingerprint density at radius 1 is 1.06 bits per heavy atom. The van der Waals surface area contributed by atoms with Gasteiger partial charge in [-0.15, -0.1) is 0 Å². The Kier molecular flexibility index (Phi) is 3.06. The number of nitrogen functional groups attached to an aromatic ring is 1. The van der Waals surface area contributed by atoms with Crippen molar-refractivity contribution in [3.63, 3.8) is 0 Å². The molecule has 0 spiro atoms. The van der Waals surface area contributed by atoms with Gasteiger partial charge in [0, 0.05) is 24.8 Å². The molecule has 0 radical (unpaired) electrons. The van der Waals surface area contributed by atoms with Gasteiger partial charge in [-0.05, 0) is 42.5 Å². The highest BCUT2D eigenvalue weighted by Gasteiger charge is 2.24. The lowest BCUT2D eigenvalue weighted by Gasteiger charge is -2.37. The zero-order valence-corrected chi connectivity index (χ0v) is 10.5. The van der Waals surface area contributed by atoms with Crippen molar-refractivity contribution in [2.24, 2.45) is 0 Å². The number of fused-ring (bicyclic) bond motifs is 1. The molecular weight excluding hydrogens is 208 g/mol. The molecule has 0 aromatic heterocycles. The average Bonchev–Trinajstić information content (AvgIpc) is 2.39. The topological polar surface area (TPSA) is 29.3 Å². The minimum absolute atomic E-state index is 0.832. The first kappa shape index (κ1) is 11.1. The summed E-state index contributed by atoms with van der Waals surface area (Å²) in [4.78, 5) is 2.68. The van der Waals surface area contributed by atoms with Gasteiger partial charge in [-0.1, -0.05) is 25.3 Å². The Bertz CT molecular complexity index is 394. The molecule has 2 nitrogen and oxygen atoms in total. The number of nitrogens with two attached hydrogens (primary N) is 1. The molecule has 1 saturated carbocycles. The van der Waals surface area contributed by atoms with E-state index < -0.39 is 0 Å². The van der Waals surface area contributed by atoms with E-state index in [9.17, 15) is 0 Å². The van der Waals surface area contributed by atoms with Crippen molar-refractivity contribution in [3.8, 4) is 0 Å². The molecule has 3 rings (SSSR count). The molecule has 2 N–H and O–H groups in total. The number of benzene rings is 1. The molecule has 0 amide bonds. The van der Waals surface area contributed by atoms with Crippen molar-refractivity contribution < 1.29 is 0 Å². The predicted molar refractivity (Wildman–Crippen MR) is 71.8 cm³/mol. The van der Waals surface area contributed by atoms with Crippen LogP contribution in [-0.2, 0) is 13.0 Å². The number of rotatable bonds is 1. The molecule has 1 aliphatic carbocycles. The molecule has 92 valence electrons. The molecule has 0 saturated heterocycles. The van der Waals surface area contributed by atoms with Crippen LogP contribution in [0.1, 0.15) is 43.2 Å². The summed E-state index contributed by atoms with van der Waals surface area (Å²) in [7, 11) is 0. The smallest absolute Gasteiger partial charge is 0.0317 e. The Balaban J connectivity index is 1.75. The molecule has 17 heavy (non-hydrogen) atoms. The van der Waals surface area contributed by atoms with Gasteiger partial charge < -0.3 is 5.73 Å². The van der Waals surface area contributed by atoms with Gasteiger partial charge in [0.2, 0.25) is 0 Å². The Morgan fingerprint density at radius 2 is 1.88 bits per heavy atom. The summed E-state index contributed by atoms with van der Waals surface area (Å²) < 4.78 is 0. The van der Waals surface area contributed by atoms with Crippen LogP contribution in [0.5, 0.6) is 0 Å². The third-order valence-corrected chi connectivity index (χ3v) is 4.36. The zero-order valence-electron chi connectivity index (χ0n) is 10.5. The van der Waals surface area contributed by atoms with Crippen molar-refractivity contribution >= 4 is 5.69 Å². The van der Waals surface area contributed by atoms with Crippen molar-refractivity contribution in [2.45, 2.75) is 51.1 Å². The second-order valence-electron chi connectivity index (χ2n) is 5.54. The second kappa shape index (κ2) is 4.69. The van der Waals surface area contributed by atoms with Crippen LogP contribution in [0.2, 0.25) is 0 Å². The molecule has 1 fully saturated rings. The normalized spacial score (nSPS) is 22.4. The fraction of sp³-hybridized carbons (Fsp3) is 0.600. The van der Waals surface area contributed by atoms with Crippen molar-refractivity contribution in [3.05, 3.63) is 29.3 Å². The van der Waals surface area contributed by atoms with Crippen molar-refractivity contribution in [2.75, 3.05) is 12.3 Å². The number of nitrogens with zero attached hydrogens (tertiary/aromatic N) is 1. The highest BCUT2D eigenvalue weighted by Crippen LogP contribution is 2.28. The van der Waals surface area contributed by atoms with Crippen LogP contribution in [0.15, 0.2) is 18.2 Å². The fourth-order valence-electron chi connectivity index (χ4n) is 3.36. The Hall–Kier alpha value is -1.02. The van der Waals surface area contributed by atoms with E-state index in [1.165, 1.54) is 56.2 Å². The summed E-state index contributed by atoms with van der Waals surface area (Å²) in [5.74, 6) is 0. The van der Waals surface area contributed by atoms with Gasteiger partial charge in [0.25, 0.3) is 0 Å². The Morgan fingerprint density at radius 3 is 2.71 bits per heavy atom. The summed E-state index contributed by atoms with van der Waals surface area (Å²) in [5.41, 5.74) is 9.76. The van der Waals surface area contributed by atoms with E-state index in [0.717, 1.165) is 18.3 Å². The first-order valence-corrected chi connectivity index (χ1v) is 6.94. The van der Waals surface area contributed by atoms with Gasteiger partial charge in [-0.3, -0.25) is 4.90 Å². The number of hydrogen-bond donors (Lipinski definition) is 1. The average molecular weight is 230 g/mol. The van der Waals surface area contributed by atoms with Gasteiger partial charge >= 0.3 is 0 Å². The lowest BCUT2D eigenvalue weighted by Crippen LogP contribution is -2.40. The van der Waals surface area contributed by atoms with Gasteiger partial charge in [0.05, 0.1) is 0 Å². The Labute approximate surface area is 104 Å². The third-order valence-electron chi connectivity index (χ3n) is 4.36. The van der Waals surface area contributed by atoms with Gasteiger partial charge in [0.15, 0.2) is 0 Å². The van der Waals surface area contributed by atoms with E-state index in [2.05, 4.69) is 17.0 Å². The molecule has 1 heterocycles. The van der Waals surface area contributed by atoms with E-state index in [0.29, 0.717) is 0 Å². The molecule has 1 aliphatic heterocycles. The molecule has 1 aromatic rings. The summed E-state index contributed by atoms with van der Waals surface area (Å²) >= 11 is 0. The van der Waals surface area contributed by atoms with Gasteiger partial charge in [-0.25, -0.2) is 0 Å². The van der Waals surface area contributed by atoms with E-state index in [1.54, 1.807) is 0 Å². The molecule has 0 bridgehead atoms. The lowest BCUT2D eigenvalue weighted by atomic mass is 9.91. The van der Waals surface area contributed by atoms with E-state index in [1.807, 2.05) is 6.07 Å². The van der Waals surface area contributed by atoms with Crippen LogP contribution in [0.25, 0.3) is 0 Å². The molecule has 2 aliphatic rings. The number of hydrogen-bond acceptors (Lipinski definition) is 2. The van der Waals surface area contributed by atoms with Crippen LogP contribution in [0, 0.1) is 0 Å². The summed E-state index contributed by atoms with van der Waals surface area (Å²) in [6.07, 6.45) is 8.28. The van der Waals surface area contributed by atoms with Crippen LogP contribution in [0.4, 0.5) is 5.69 Å². The summed E-state index contributed by atoms with van der Waals surface area (Å²) in [6, 6.07) is 7.25. The van der Waals surface area contributed by atoms with Crippen molar-refractivity contribution in [1.82, 2.24) is 4.90 Å². The minimum Gasteiger partial charge on any atom is -0.399 e. The first-order valence-electron chi connectivity index (χ1n) is 6.94. The predicted octanol–water partition coefficient (Wildman–Crippen LogP) is 2.96. The van der Waals surface area contributed by atoms with E-state index in [-0.39, 0.29) is 0 Å². The van der Waals surface area contributed by atoms with Gasteiger partial charge in [-0.2, -0.15) is 0 Å². The van der Waals surface area contributed by atoms with E-state index in [4.69, 9.17) is 5.73 Å². The van der Waals surface area contributed by atoms with Crippen molar-refractivity contribution in [1.29, 1.82) is 0 Å². The molecule has 0 atom stereocenters. The molecule has 1 aromatic carbocycles. The quantitative estimate of drug-likeness (QED) is 0.752. The van der Waals surface area contributed by atoms with Gasteiger partial charge in [0.1, 0.15) is 0 Å². The third kappa shape index (κ3) is 2.32. The summed E-state index contributed by atoms with van der Waals surface area (Å²) in [5, 5.41) is 0. The monoisotopic (exact) mass is 230 g/mol. The SMILES string of the molecule is Nc1ccc2c(c1)CN(C1CCCCC1)CC2. The van der Waals surface area contributed by atoms with Crippen LogP contribution < -0.4 is 5.73 Å². The van der Waals surface area contributed by atoms with Crippen LogP contribution >= 0.6 is 0 Å². The number of anilines is 1. The standard InChI is InChI=1S/C15H22N2/c16-14-7-6-12-8-9-17(11-13(12)10-14)15-4-2-1-3-5-15/h6-7,10,15H,1-5,8-9,11,16H2. The maximum Gasteiger partial charge on any atom is 0.0317 e. The second-order valence-corrected chi connectivity index (χ2v) is 5.54. The maximum absolute atomic E-state index is 5.89. The highest BCUT2D eigenvalue weighted by molar-refractivity contribution is 5.45. The lowest BCUT2D eigenvalue weighted by molar-refractivity contribution is 0.141. The van der Waals surface area contributed by atoms with Crippen LogP contribution in [0.3, 0.4) is 0 Å². The summed E-state index contributed by atoms with van der Waals surface area (Å²) in [6.45, 7) is 2.35. The van der Waals surface area contributed by atoms with E-state index >= 15 is 0 Å². The minimum atomic E-state index is 0.832. The fourth-order valence-corrected chi connectivity index (χ4v) is 3.36. The molecule has 0 unspecified atom stereocenters. The molecule has 2 heteroatoms. The largest absolute Gasteiger partial charge is 0.399 e. The molecular formula is C15H22N2. The van der Waals surface area contributed by atoms with Crippen LogP contribution in [-0.4, -0.2) is 17.5 Å². The zero-order chi connectivity index (χ0) is 11.7. The first-order chi connectivity index (χ1) is 8.33. The highest BCUT2D eigenvalue weighted by atomic mass is 15.2.